The number of anilines is 2. The molecule has 3 rings (SSSR count). The van der Waals surface area contributed by atoms with Crippen LogP contribution in [-0.4, -0.2) is 43.5 Å². The second kappa shape index (κ2) is 7.82. The molecule has 144 valence electrons. The molecule has 7 nitrogen and oxygen atoms in total. The zero-order valence-electron chi connectivity index (χ0n) is 16.0. The quantitative estimate of drug-likeness (QED) is 0.780. The molecule has 1 atom stereocenters. The molecule has 0 saturated heterocycles. The van der Waals surface area contributed by atoms with E-state index in [0.29, 0.717) is 24.0 Å². The molecule has 2 N–H and O–H groups in total. The van der Waals surface area contributed by atoms with Crippen LogP contribution in [0.25, 0.3) is 5.57 Å². The molecule has 27 heavy (non-hydrogen) atoms. The van der Waals surface area contributed by atoms with E-state index < -0.39 is 6.09 Å². The van der Waals surface area contributed by atoms with Gasteiger partial charge in [0.2, 0.25) is 5.91 Å². The Morgan fingerprint density at radius 3 is 2.67 bits per heavy atom. The highest BCUT2D eigenvalue weighted by Crippen LogP contribution is 2.38. The van der Waals surface area contributed by atoms with Gasteiger partial charge in [0.1, 0.15) is 0 Å². The van der Waals surface area contributed by atoms with Gasteiger partial charge >= 0.3 is 6.09 Å². The third-order valence-electron chi connectivity index (χ3n) is 4.78. The minimum Gasteiger partial charge on any atom is -0.449 e. The van der Waals surface area contributed by atoms with E-state index in [4.69, 9.17) is 10.1 Å². The Kier molecular flexibility index (Phi) is 5.48. The van der Waals surface area contributed by atoms with Gasteiger partial charge in [-0.1, -0.05) is 6.07 Å². The van der Waals surface area contributed by atoms with Gasteiger partial charge in [0, 0.05) is 37.5 Å². The average Bonchev–Trinajstić information content (AvgIpc) is 3.45. The molecular formula is C20H26N4O3. The second-order valence-corrected chi connectivity index (χ2v) is 6.94. The summed E-state index contributed by atoms with van der Waals surface area (Å²) in [5, 5.41) is 11.0. The number of hydrogen-bond donors (Lipinski definition) is 2. The molecule has 2 amide bonds. The first kappa shape index (κ1) is 18.9. The van der Waals surface area contributed by atoms with Crippen LogP contribution < -0.4 is 15.1 Å². The van der Waals surface area contributed by atoms with Gasteiger partial charge in [-0.3, -0.25) is 9.69 Å². The van der Waals surface area contributed by atoms with Crippen LogP contribution in [0.4, 0.5) is 16.2 Å². The van der Waals surface area contributed by atoms with Crippen LogP contribution >= 0.6 is 0 Å². The Morgan fingerprint density at radius 2 is 2.07 bits per heavy atom. The third-order valence-corrected chi connectivity index (χ3v) is 4.78. The number of carbonyl (C=O) groups excluding carboxylic acids is 2. The van der Waals surface area contributed by atoms with Crippen molar-refractivity contribution in [3.63, 3.8) is 0 Å². The number of nitrogens with one attached hydrogen (secondary N) is 2. The number of rotatable bonds is 5. The van der Waals surface area contributed by atoms with Crippen LogP contribution in [-0.2, 0) is 9.53 Å². The molecular weight excluding hydrogens is 344 g/mol. The van der Waals surface area contributed by atoms with E-state index in [9.17, 15) is 9.59 Å². The Bertz CT molecular complexity index is 785. The second-order valence-electron chi connectivity index (χ2n) is 6.94. The van der Waals surface area contributed by atoms with Crippen LogP contribution in [0.3, 0.4) is 0 Å². The van der Waals surface area contributed by atoms with Crippen molar-refractivity contribution < 1.29 is 14.3 Å². The monoisotopic (exact) mass is 370 g/mol. The molecule has 1 saturated carbocycles. The summed E-state index contributed by atoms with van der Waals surface area (Å²) in [4.78, 5) is 27.9. The van der Waals surface area contributed by atoms with Crippen molar-refractivity contribution in [2.45, 2.75) is 45.7 Å². The molecule has 0 aromatic heterocycles. The van der Waals surface area contributed by atoms with Gasteiger partial charge in [-0.15, -0.1) is 0 Å². The molecule has 0 spiro atoms. The van der Waals surface area contributed by atoms with Crippen LogP contribution in [0.1, 0.15) is 39.2 Å². The van der Waals surface area contributed by atoms with Gasteiger partial charge in [0.05, 0.1) is 24.0 Å². The van der Waals surface area contributed by atoms with Crippen molar-refractivity contribution in [3.05, 3.63) is 30.0 Å². The minimum atomic E-state index is -0.428. The highest BCUT2D eigenvalue weighted by molar-refractivity contribution is 6.10. The number of allylic oxidation sites excluding steroid dienone is 1. The molecule has 1 aromatic carbocycles. The molecule has 1 aliphatic carbocycles. The Balaban J connectivity index is 2.03. The average molecular weight is 370 g/mol. The minimum absolute atomic E-state index is 0.0711. The van der Waals surface area contributed by atoms with Crippen molar-refractivity contribution in [2.24, 2.45) is 0 Å². The van der Waals surface area contributed by atoms with E-state index >= 15 is 0 Å². The lowest BCUT2D eigenvalue weighted by molar-refractivity contribution is -0.117. The zero-order valence-corrected chi connectivity index (χ0v) is 16.0. The summed E-state index contributed by atoms with van der Waals surface area (Å²) in [6, 6.07) is 5.89. The first-order valence-electron chi connectivity index (χ1n) is 9.31. The lowest BCUT2D eigenvalue weighted by atomic mass is 10.0. The number of carbonyl (C=O) groups is 2. The maximum Gasteiger partial charge on any atom is 0.414 e. The normalized spacial score (nSPS) is 19.4. The predicted octanol–water partition coefficient (Wildman–Crippen LogP) is 3.15. The predicted molar refractivity (Wildman–Crippen MR) is 106 cm³/mol. The molecule has 1 unspecified atom stereocenters. The lowest BCUT2D eigenvalue weighted by Gasteiger charge is -2.40. The van der Waals surface area contributed by atoms with Gasteiger partial charge in [-0.25, -0.2) is 4.79 Å². The summed E-state index contributed by atoms with van der Waals surface area (Å²) in [6.07, 6.45) is 5.00. The molecule has 2 aliphatic rings. The Labute approximate surface area is 159 Å². The molecule has 7 heteroatoms. The van der Waals surface area contributed by atoms with Crippen LogP contribution in [0, 0.1) is 5.41 Å². The Morgan fingerprint density at radius 1 is 1.33 bits per heavy atom. The first-order chi connectivity index (χ1) is 13.0. The summed E-state index contributed by atoms with van der Waals surface area (Å²) in [5.41, 5.74) is 2.83. The van der Waals surface area contributed by atoms with E-state index in [-0.39, 0.29) is 18.6 Å². The number of hydrogen-bond acceptors (Lipinski definition) is 5. The highest BCUT2D eigenvalue weighted by atomic mass is 16.6. The van der Waals surface area contributed by atoms with Gasteiger partial charge in [-0.05, 0) is 44.4 Å². The fraction of sp³-hybridized carbons (Fsp3) is 0.450. The molecule has 0 bridgehead atoms. The van der Waals surface area contributed by atoms with Crippen LogP contribution in [0.2, 0.25) is 0 Å². The number of ether oxygens (including phenoxy) is 1. The maximum absolute atomic E-state index is 12.5. The maximum atomic E-state index is 12.5. The fourth-order valence-electron chi connectivity index (χ4n) is 3.32. The number of benzene rings is 1. The van der Waals surface area contributed by atoms with Crippen molar-refractivity contribution in [3.8, 4) is 0 Å². The largest absolute Gasteiger partial charge is 0.449 e. The smallest absolute Gasteiger partial charge is 0.414 e. The fourth-order valence-corrected chi connectivity index (χ4v) is 3.32. The molecule has 1 fully saturated rings. The lowest BCUT2D eigenvalue weighted by Crippen LogP contribution is -2.51. The van der Waals surface area contributed by atoms with Gasteiger partial charge in [0.25, 0.3) is 0 Å². The topological polar surface area (TPSA) is 85.7 Å². The van der Waals surface area contributed by atoms with Crippen molar-refractivity contribution >= 4 is 35.2 Å². The van der Waals surface area contributed by atoms with Crippen molar-refractivity contribution in [1.29, 1.82) is 5.41 Å². The summed E-state index contributed by atoms with van der Waals surface area (Å²) in [7, 11) is 0. The number of fused-ring (bicyclic) bond motifs is 1. The van der Waals surface area contributed by atoms with Crippen molar-refractivity contribution in [1.82, 2.24) is 5.32 Å². The van der Waals surface area contributed by atoms with E-state index in [1.54, 1.807) is 16.7 Å². The summed E-state index contributed by atoms with van der Waals surface area (Å²) in [6.45, 7) is 5.85. The van der Waals surface area contributed by atoms with Gasteiger partial charge in [-0.2, -0.15) is 0 Å². The highest BCUT2D eigenvalue weighted by Gasteiger charge is 2.34. The number of nitrogens with zero attached hydrogens (tertiary/aromatic N) is 2. The van der Waals surface area contributed by atoms with E-state index in [2.05, 4.69) is 5.32 Å². The standard InChI is InChI=1S/C20H26N4O3/c1-4-27-20(26)23-12-13(2)24(14(3)25)18-8-5-15(9-19(18)23)16(10-21)11-22-17-6-7-17/h5,8-11,13,17,21-22H,4,6-7,12H2,1-3H3/b16-11+,21-10?. The van der Waals surface area contributed by atoms with Gasteiger partial charge in [0.15, 0.2) is 0 Å². The van der Waals surface area contributed by atoms with E-state index in [1.807, 2.05) is 31.3 Å². The van der Waals surface area contributed by atoms with Crippen LogP contribution in [0.15, 0.2) is 24.4 Å². The molecule has 0 radical (unpaired) electrons. The van der Waals surface area contributed by atoms with Crippen LogP contribution in [0.5, 0.6) is 0 Å². The summed E-state index contributed by atoms with van der Waals surface area (Å²) < 4.78 is 5.21. The molecule has 1 heterocycles. The van der Waals surface area contributed by atoms with E-state index in [1.165, 1.54) is 13.1 Å². The zero-order chi connectivity index (χ0) is 19.6. The van der Waals surface area contributed by atoms with E-state index in [0.717, 1.165) is 24.0 Å². The SMILES string of the molecule is CCOC(=O)N1CC(C)N(C(C)=O)c2ccc(/C(C=N)=C/NC3CC3)cc21. The summed E-state index contributed by atoms with van der Waals surface area (Å²) in [5.74, 6) is -0.0711. The molecule has 1 aromatic rings. The Hall–Kier alpha value is -2.83. The third kappa shape index (κ3) is 3.97. The van der Waals surface area contributed by atoms with Gasteiger partial charge < -0.3 is 20.4 Å². The van der Waals surface area contributed by atoms with Crippen molar-refractivity contribution in [2.75, 3.05) is 23.0 Å². The first-order valence-corrected chi connectivity index (χ1v) is 9.31. The number of amides is 2. The molecule has 1 aliphatic heterocycles. The summed E-state index contributed by atoms with van der Waals surface area (Å²) >= 11 is 0.